The Bertz CT molecular complexity index is 252. The van der Waals surface area contributed by atoms with Crippen LogP contribution in [-0.2, 0) is 19.0 Å². The zero-order valence-corrected chi connectivity index (χ0v) is 7.43. The van der Waals surface area contributed by atoms with Gasteiger partial charge in [0.2, 0.25) is 0 Å². The van der Waals surface area contributed by atoms with Gasteiger partial charge in [0, 0.05) is 0 Å². The van der Waals surface area contributed by atoms with Crippen LogP contribution in [0.2, 0.25) is 0 Å². The maximum atomic E-state index is 11.4. The van der Waals surface area contributed by atoms with Crippen LogP contribution < -0.4 is 0 Å². The predicted octanol–water partition coefficient (Wildman–Crippen LogP) is 0.104. The number of hydrogen-bond donors (Lipinski definition) is 0. The molecule has 4 nitrogen and oxygen atoms in total. The smallest absolute Gasteiger partial charge is 0.311 e. The van der Waals surface area contributed by atoms with E-state index in [1.807, 2.05) is 6.92 Å². The second kappa shape index (κ2) is 2.45. The molecule has 4 heteroatoms. The molecule has 3 heterocycles. The SMILES string of the molecule is CCOC(=O)[C@@H]1C[C@@H]2O[C@H]1[C@H]1O[C@@H]12. The molecule has 5 atom stereocenters. The average Bonchev–Trinajstić information content (AvgIpc) is 2.72. The Hall–Kier alpha value is -0.610. The Morgan fingerprint density at radius 3 is 2.85 bits per heavy atom. The molecule has 72 valence electrons. The predicted molar refractivity (Wildman–Crippen MR) is 42.1 cm³/mol. The highest BCUT2D eigenvalue weighted by Gasteiger charge is 2.66. The molecule has 3 aliphatic heterocycles. The van der Waals surface area contributed by atoms with Gasteiger partial charge in [-0.1, -0.05) is 0 Å². The van der Waals surface area contributed by atoms with E-state index in [2.05, 4.69) is 0 Å². The summed E-state index contributed by atoms with van der Waals surface area (Å²) in [5.41, 5.74) is 0. The highest BCUT2D eigenvalue weighted by Crippen LogP contribution is 2.51. The molecule has 0 aliphatic carbocycles. The van der Waals surface area contributed by atoms with Gasteiger partial charge < -0.3 is 14.2 Å². The van der Waals surface area contributed by atoms with Crippen LogP contribution in [0.5, 0.6) is 0 Å². The number of rotatable bonds is 2. The summed E-state index contributed by atoms with van der Waals surface area (Å²) in [6, 6.07) is 0. The number of epoxide rings is 1. The fourth-order valence-corrected chi connectivity index (χ4v) is 2.43. The highest BCUT2D eigenvalue weighted by atomic mass is 16.7. The standard InChI is InChI=1S/C9H12O4/c1-2-11-9(10)4-3-5-7-8(13-7)6(4)12-5/h4-8H,2-3H2,1H3/t4-,5+,6-,7-,8-/m1/s1. The maximum Gasteiger partial charge on any atom is 0.311 e. The third-order valence-corrected chi connectivity index (χ3v) is 3.06. The minimum absolute atomic E-state index is 0.0194. The van der Waals surface area contributed by atoms with Crippen molar-refractivity contribution < 1.29 is 19.0 Å². The molecule has 2 bridgehead atoms. The lowest BCUT2D eigenvalue weighted by Crippen LogP contribution is -2.31. The van der Waals surface area contributed by atoms with Crippen LogP contribution in [-0.4, -0.2) is 37.0 Å². The molecule has 0 aromatic rings. The lowest BCUT2D eigenvalue weighted by Gasteiger charge is -2.14. The maximum absolute atomic E-state index is 11.4. The highest BCUT2D eigenvalue weighted by molar-refractivity contribution is 5.74. The fraction of sp³-hybridized carbons (Fsp3) is 0.889. The third kappa shape index (κ3) is 0.957. The second-order valence-corrected chi connectivity index (χ2v) is 3.80. The molecule has 3 aliphatic rings. The summed E-state index contributed by atoms with van der Waals surface area (Å²) in [5.74, 6) is -0.197. The quantitative estimate of drug-likeness (QED) is 0.451. The van der Waals surface area contributed by atoms with E-state index >= 15 is 0 Å². The monoisotopic (exact) mass is 184 g/mol. The topological polar surface area (TPSA) is 48.1 Å². The van der Waals surface area contributed by atoms with Crippen LogP contribution in [0.4, 0.5) is 0 Å². The number of hydrogen-bond acceptors (Lipinski definition) is 4. The molecule has 0 aromatic heterocycles. The van der Waals surface area contributed by atoms with Gasteiger partial charge in [0.25, 0.3) is 0 Å². The molecule has 0 unspecified atom stereocenters. The van der Waals surface area contributed by atoms with Crippen molar-refractivity contribution in [2.75, 3.05) is 6.61 Å². The van der Waals surface area contributed by atoms with Crippen LogP contribution in [0.15, 0.2) is 0 Å². The van der Waals surface area contributed by atoms with Gasteiger partial charge in [0.1, 0.15) is 18.3 Å². The Morgan fingerprint density at radius 2 is 2.23 bits per heavy atom. The van der Waals surface area contributed by atoms with Crippen molar-refractivity contribution in [2.24, 2.45) is 5.92 Å². The number of ether oxygens (including phenoxy) is 3. The molecular weight excluding hydrogens is 172 g/mol. The second-order valence-electron chi connectivity index (χ2n) is 3.80. The third-order valence-electron chi connectivity index (χ3n) is 3.06. The largest absolute Gasteiger partial charge is 0.466 e. The molecule has 0 aromatic carbocycles. The summed E-state index contributed by atoms with van der Waals surface area (Å²) in [5, 5.41) is 0. The summed E-state index contributed by atoms with van der Waals surface area (Å²) in [6.07, 6.45) is 1.40. The molecule has 13 heavy (non-hydrogen) atoms. The molecule has 3 saturated heterocycles. The van der Waals surface area contributed by atoms with Crippen LogP contribution in [0.3, 0.4) is 0 Å². The van der Waals surface area contributed by atoms with Crippen molar-refractivity contribution in [3.63, 3.8) is 0 Å². The molecular formula is C9H12O4. The van der Waals surface area contributed by atoms with Crippen molar-refractivity contribution in [1.82, 2.24) is 0 Å². The Morgan fingerprint density at radius 1 is 1.38 bits per heavy atom. The van der Waals surface area contributed by atoms with Gasteiger partial charge in [-0.15, -0.1) is 0 Å². The van der Waals surface area contributed by atoms with Crippen LogP contribution >= 0.6 is 0 Å². The first-order valence-corrected chi connectivity index (χ1v) is 4.79. The average molecular weight is 184 g/mol. The molecule has 3 rings (SSSR count). The van der Waals surface area contributed by atoms with Crippen molar-refractivity contribution in [3.05, 3.63) is 0 Å². The van der Waals surface area contributed by atoms with Crippen LogP contribution in [0, 0.1) is 5.92 Å². The van der Waals surface area contributed by atoms with Crippen LogP contribution in [0.25, 0.3) is 0 Å². The van der Waals surface area contributed by atoms with E-state index < -0.39 is 0 Å². The van der Waals surface area contributed by atoms with Gasteiger partial charge in [-0.2, -0.15) is 0 Å². The van der Waals surface area contributed by atoms with E-state index in [0.29, 0.717) is 6.61 Å². The van der Waals surface area contributed by atoms with Gasteiger partial charge in [-0.3, -0.25) is 4.79 Å². The zero-order valence-electron chi connectivity index (χ0n) is 7.43. The first kappa shape index (κ1) is 7.76. The van der Waals surface area contributed by atoms with Crippen molar-refractivity contribution in [2.45, 2.75) is 37.8 Å². The molecule has 0 amide bonds. The van der Waals surface area contributed by atoms with E-state index in [-0.39, 0.29) is 36.3 Å². The van der Waals surface area contributed by atoms with Gasteiger partial charge in [0.15, 0.2) is 0 Å². The number of carbonyl (C=O) groups excluding carboxylic acids is 1. The van der Waals surface area contributed by atoms with Crippen molar-refractivity contribution >= 4 is 5.97 Å². The zero-order chi connectivity index (χ0) is 9.00. The van der Waals surface area contributed by atoms with Crippen LogP contribution in [0.1, 0.15) is 13.3 Å². The molecule has 0 spiro atoms. The molecule has 3 fully saturated rings. The number of fused-ring (bicyclic) bond motifs is 5. The van der Waals surface area contributed by atoms with Gasteiger partial charge in [-0.25, -0.2) is 0 Å². The normalized spacial score (nSPS) is 50.4. The number of esters is 1. The summed E-state index contributed by atoms with van der Waals surface area (Å²) >= 11 is 0. The lowest BCUT2D eigenvalue weighted by molar-refractivity contribution is -0.150. The molecule has 0 saturated carbocycles. The molecule has 0 radical (unpaired) electrons. The molecule has 0 N–H and O–H groups in total. The summed E-state index contributed by atoms with van der Waals surface area (Å²) in [7, 11) is 0. The lowest BCUT2D eigenvalue weighted by atomic mass is 9.89. The summed E-state index contributed by atoms with van der Waals surface area (Å²) in [6.45, 7) is 2.27. The van der Waals surface area contributed by atoms with E-state index in [1.165, 1.54) is 0 Å². The number of carbonyl (C=O) groups is 1. The van der Waals surface area contributed by atoms with E-state index in [0.717, 1.165) is 6.42 Å². The summed E-state index contributed by atoms with van der Waals surface area (Å²) < 4.78 is 15.9. The van der Waals surface area contributed by atoms with Gasteiger partial charge in [-0.05, 0) is 13.3 Å². The minimum Gasteiger partial charge on any atom is -0.466 e. The first-order chi connectivity index (χ1) is 6.31. The minimum atomic E-state index is -0.121. The Balaban J connectivity index is 1.70. The van der Waals surface area contributed by atoms with E-state index in [4.69, 9.17) is 14.2 Å². The fourth-order valence-electron chi connectivity index (χ4n) is 2.43. The van der Waals surface area contributed by atoms with E-state index in [1.54, 1.807) is 0 Å². The van der Waals surface area contributed by atoms with Crippen molar-refractivity contribution in [1.29, 1.82) is 0 Å². The van der Waals surface area contributed by atoms with E-state index in [9.17, 15) is 4.79 Å². The Kier molecular flexibility index (Phi) is 1.46. The van der Waals surface area contributed by atoms with Crippen molar-refractivity contribution in [3.8, 4) is 0 Å². The Labute approximate surface area is 76.1 Å². The van der Waals surface area contributed by atoms with Gasteiger partial charge >= 0.3 is 5.97 Å². The summed E-state index contributed by atoms with van der Waals surface area (Å²) in [4.78, 5) is 11.4. The first-order valence-electron chi connectivity index (χ1n) is 4.79. The van der Waals surface area contributed by atoms with Gasteiger partial charge in [0.05, 0.1) is 18.6 Å².